The van der Waals surface area contributed by atoms with E-state index in [-0.39, 0.29) is 23.5 Å². The van der Waals surface area contributed by atoms with Crippen LogP contribution >= 0.6 is 0 Å². The molecule has 1 saturated heterocycles. The zero-order chi connectivity index (χ0) is 14.8. The summed E-state index contributed by atoms with van der Waals surface area (Å²) >= 11 is 0. The summed E-state index contributed by atoms with van der Waals surface area (Å²) in [6, 6.07) is 3.86. The third-order valence-electron chi connectivity index (χ3n) is 3.45. The Balaban J connectivity index is 2.30. The van der Waals surface area contributed by atoms with E-state index in [0.29, 0.717) is 26.2 Å². The van der Waals surface area contributed by atoms with Gasteiger partial charge in [0.15, 0.2) is 0 Å². The summed E-state index contributed by atoms with van der Waals surface area (Å²) < 4.78 is 39.0. The standard InChI is InChI=1S/C14H17F3N2O/c1-2-10-3-4-11(9-12(10)14(15,16)17)13(20)19-7-5-18-6-8-19/h3-4,9,18H,2,5-8H2,1H3. The minimum Gasteiger partial charge on any atom is -0.336 e. The maximum atomic E-state index is 13.0. The number of aryl methyl sites for hydroxylation is 1. The maximum Gasteiger partial charge on any atom is 0.416 e. The Kier molecular flexibility index (Phi) is 4.32. The van der Waals surface area contributed by atoms with Gasteiger partial charge in [0.25, 0.3) is 5.91 Å². The van der Waals surface area contributed by atoms with Gasteiger partial charge in [0.05, 0.1) is 5.56 Å². The van der Waals surface area contributed by atoms with Crippen molar-refractivity contribution in [2.45, 2.75) is 19.5 Å². The lowest BCUT2D eigenvalue weighted by molar-refractivity contribution is -0.138. The lowest BCUT2D eigenvalue weighted by Crippen LogP contribution is -2.46. The van der Waals surface area contributed by atoms with E-state index in [1.807, 2.05) is 0 Å². The van der Waals surface area contributed by atoms with Crippen molar-refractivity contribution in [3.05, 3.63) is 34.9 Å². The SMILES string of the molecule is CCc1ccc(C(=O)N2CCNCC2)cc1C(F)(F)F. The molecular formula is C14H17F3N2O. The highest BCUT2D eigenvalue weighted by molar-refractivity contribution is 5.94. The largest absolute Gasteiger partial charge is 0.416 e. The average Bonchev–Trinajstić information content (AvgIpc) is 2.46. The number of hydrogen-bond donors (Lipinski definition) is 1. The van der Waals surface area contributed by atoms with E-state index in [9.17, 15) is 18.0 Å². The van der Waals surface area contributed by atoms with Crippen molar-refractivity contribution < 1.29 is 18.0 Å². The molecule has 20 heavy (non-hydrogen) atoms. The summed E-state index contributed by atoms with van der Waals surface area (Å²) in [5.41, 5.74) is -0.383. The molecule has 0 radical (unpaired) electrons. The second-order valence-corrected chi connectivity index (χ2v) is 4.77. The molecule has 1 aliphatic heterocycles. The normalized spacial score (nSPS) is 16.3. The van der Waals surface area contributed by atoms with E-state index in [0.717, 1.165) is 6.07 Å². The number of carbonyl (C=O) groups is 1. The van der Waals surface area contributed by atoms with Crippen LogP contribution in [0.5, 0.6) is 0 Å². The first-order chi connectivity index (χ1) is 9.43. The molecule has 1 aromatic rings. The molecule has 1 heterocycles. The molecule has 2 rings (SSSR count). The van der Waals surface area contributed by atoms with Crippen molar-refractivity contribution >= 4 is 5.91 Å². The van der Waals surface area contributed by atoms with Gasteiger partial charge in [-0.25, -0.2) is 0 Å². The van der Waals surface area contributed by atoms with Gasteiger partial charge in [0.2, 0.25) is 0 Å². The predicted molar refractivity (Wildman–Crippen MR) is 69.6 cm³/mol. The molecule has 1 fully saturated rings. The Labute approximate surface area is 115 Å². The van der Waals surface area contributed by atoms with E-state index >= 15 is 0 Å². The quantitative estimate of drug-likeness (QED) is 0.905. The minimum absolute atomic E-state index is 0.108. The molecule has 1 N–H and O–H groups in total. The average molecular weight is 286 g/mol. The smallest absolute Gasteiger partial charge is 0.336 e. The fourth-order valence-corrected chi connectivity index (χ4v) is 2.33. The van der Waals surface area contributed by atoms with Crippen LogP contribution in [0.4, 0.5) is 13.2 Å². The summed E-state index contributed by atoms with van der Waals surface area (Å²) in [4.78, 5) is 13.8. The molecule has 110 valence electrons. The molecular weight excluding hydrogens is 269 g/mol. The Morgan fingerprint density at radius 3 is 2.50 bits per heavy atom. The van der Waals surface area contributed by atoms with Gasteiger partial charge in [0.1, 0.15) is 0 Å². The fraction of sp³-hybridized carbons (Fsp3) is 0.500. The maximum absolute atomic E-state index is 13.0. The summed E-state index contributed by atoms with van der Waals surface area (Å²) in [6.07, 6.45) is -4.14. The van der Waals surface area contributed by atoms with E-state index < -0.39 is 11.7 Å². The summed E-state index contributed by atoms with van der Waals surface area (Å²) in [7, 11) is 0. The molecule has 0 bridgehead atoms. The van der Waals surface area contributed by atoms with E-state index in [2.05, 4.69) is 5.32 Å². The van der Waals surface area contributed by atoms with E-state index in [4.69, 9.17) is 0 Å². The molecule has 0 unspecified atom stereocenters. The third kappa shape index (κ3) is 3.12. The Bertz CT molecular complexity index is 494. The van der Waals surface area contributed by atoms with Crippen LogP contribution in [0.1, 0.15) is 28.4 Å². The van der Waals surface area contributed by atoms with Crippen LogP contribution in [0.25, 0.3) is 0 Å². The van der Waals surface area contributed by atoms with Gasteiger partial charge < -0.3 is 10.2 Å². The Morgan fingerprint density at radius 2 is 1.95 bits per heavy atom. The van der Waals surface area contributed by atoms with Crippen molar-refractivity contribution in [2.75, 3.05) is 26.2 Å². The molecule has 0 aliphatic carbocycles. The zero-order valence-electron chi connectivity index (χ0n) is 11.3. The topological polar surface area (TPSA) is 32.3 Å². The van der Waals surface area contributed by atoms with Gasteiger partial charge in [-0.3, -0.25) is 4.79 Å². The number of amides is 1. The van der Waals surface area contributed by atoms with Gasteiger partial charge >= 0.3 is 6.18 Å². The van der Waals surface area contributed by atoms with Crippen molar-refractivity contribution in [3.8, 4) is 0 Å². The molecule has 0 spiro atoms. The van der Waals surface area contributed by atoms with Crippen molar-refractivity contribution in [1.82, 2.24) is 10.2 Å². The number of nitrogens with zero attached hydrogens (tertiary/aromatic N) is 1. The number of nitrogens with one attached hydrogen (secondary N) is 1. The number of hydrogen-bond acceptors (Lipinski definition) is 2. The van der Waals surface area contributed by atoms with Crippen LogP contribution in [0, 0.1) is 0 Å². The van der Waals surface area contributed by atoms with Crippen molar-refractivity contribution in [1.29, 1.82) is 0 Å². The summed E-state index contributed by atoms with van der Waals surface area (Å²) in [6.45, 7) is 4.06. The highest BCUT2D eigenvalue weighted by atomic mass is 19.4. The number of rotatable bonds is 2. The molecule has 1 aromatic carbocycles. The van der Waals surface area contributed by atoms with Crippen molar-refractivity contribution in [2.24, 2.45) is 0 Å². The van der Waals surface area contributed by atoms with Crippen LogP contribution in [0.15, 0.2) is 18.2 Å². The number of piperazine rings is 1. The first kappa shape index (κ1) is 14.8. The van der Waals surface area contributed by atoms with Gasteiger partial charge in [-0.15, -0.1) is 0 Å². The fourth-order valence-electron chi connectivity index (χ4n) is 2.33. The summed E-state index contributed by atoms with van der Waals surface area (Å²) in [5, 5.41) is 3.10. The molecule has 0 saturated carbocycles. The number of halogens is 3. The lowest BCUT2D eigenvalue weighted by atomic mass is 10.0. The predicted octanol–water partition coefficient (Wildman–Crippen LogP) is 2.31. The van der Waals surface area contributed by atoms with Gasteiger partial charge in [-0.2, -0.15) is 13.2 Å². The monoisotopic (exact) mass is 286 g/mol. The van der Waals surface area contributed by atoms with Crippen LogP contribution in [-0.4, -0.2) is 37.0 Å². The highest BCUT2D eigenvalue weighted by Gasteiger charge is 2.34. The number of carbonyl (C=O) groups excluding carboxylic acids is 1. The molecule has 3 nitrogen and oxygen atoms in total. The van der Waals surface area contributed by atoms with Gasteiger partial charge in [0, 0.05) is 31.7 Å². The highest BCUT2D eigenvalue weighted by Crippen LogP contribution is 2.33. The molecule has 0 atom stereocenters. The second-order valence-electron chi connectivity index (χ2n) is 4.77. The minimum atomic E-state index is -4.43. The molecule has 1 amide bonds. The molecule has 0 aromatic heterocycles. The Morgan fingerprint density at radius 1 is 1.30 bits per heavy atom. The van der Waals surface area contributed by atoms with Crippen LogP contribution < -0.4 is 5.32 Å². The number of alkyl halides is 3. The van der Waals surface area contributed by atoms with Gasteiger partial charge in [-0.1, -0.05) is 13.0 Å². The Hall–Kier alpha value is -1.56. The van der Waals surface area contributed by atoms with Crippen molar-refractivity contribution in [3.63, 3.8) is 0 Å². The van der Waals surface area contributed by atoms with E-state index in [1.54, 1.807) is 11.8 Å². The van der Waals surface area contributed by atoms with Crippen LogP contribution in [0.3, 0.4) is 0 Å². The van der Waals surface area contributed by atoms with E-state index in [1.165, 1.54) is 12.1 Å². The van der Waals surface area contributed by atoms with Gasteiger partial charge in [-0.05, 0) is 24.1 Å². The zero-order valence-corrected chi connectivity index (χ0v) is 11.3. The second kappa shape index (κ2) is 5.83. The lowest BCUT2D eigenvalue weighted by Gasteiger charge is -2.27. The first-order valence-corrected chi connectivity index (χ1v) is 6.63. The molecule has 1 aliphatic rings. The molecule has 6 heteroatoms. The number of benzene rings is 1. The van der Waals surface area contributed by atoms with Crippen LogP contribution in [-0.2, 0) is 12.6 Å². The third-order valence-corrected chi connectivity index (χ3v) is 3.45. The summed E-state index contributed by atoms with van der Waals surface area (Å²) in [5.74, 6) is -0.334. The van der Waals surface area contributed by atoms with Crippen LogP contribution in [0.2, 0.25) is 0 Å². The first-order valence-electron chi connectivity index (χ1n) is 6.63.